The number of ether oxygens (including phenoxy) is 16. The Morgan fingerprint density at radius 1 is 0.520 bits per heavy atom. The summed E-state index contributed by atoms with van der Waals surface area (Å²) in [4.78, 5) is 155. The quantitative estimate of drug-likeness (QED) is 0.0858. The molecule has 0 unspecified atom stereocenters. The van der Waals surface area contributed by atoms with Gasteiger partial charge in [-0.05, 0) is 0 Å². The van der Waals surface area contributed by atoms with Crippen molar-refractivity contribution in [2.75, 3.05) is 34.0 Å². The monoisotopic (exact) mass is 1080 g/mol. The number of nitrogens with one attached hydrogen (secondary N) is 2. The molecule has 0 aromatic heterocycles. The topological polar surface area (TPSA) is 377 Å². The molecule has 3 fully saturated rings. The first-order chi connectivity index (χ1) is 35.0. The van der Waals surface area contributed by atoms with Crippen LogP contribution < -0.4 is 10.6 Å². The predicted molar refractivity (Wildman–Crippen MR) is 237 cm³/mol. The lowest BCUT2D eigenvalue weighted by Crippen LogP contribution is -2.72. The van der Waals surface area contributed by atoms with E-state index in [-0.39, 0.29) is 0 Å². The third-order valence-electron chi connectivity index (χ3n) is 10.8. The molecule has 3 heterocycles. The van der Waals surface area contributed by atoms with Crippen molar-refractivity contribution < 1.29 is 133 Å². The number of hydrogen-bond donors (Lipinski definition) is 2. The summed E-state index contributed by atoms with van der Waals surface area (Å²) in [5.41, 5.74) is 0. The van der Waals surface area contributed by atoms with Crippen LogP contribution in [0, 0.1) is 0 Å². The average Bonchev–Trinajstić information content (AvgIpc) is 3.28. The molecule has 16 atom stereocenters. The molecule has 3 aliphatic heterocycles. The van der Waals surface area contributed by atoms with Crippen LogP contribution in [0.15, 0.2) is 0 Å². The highest BCUT2D eigenvalue weighted by Gasteiger charge is 2.64. The van der Waals surface area contributed by atoms with Gasteiger partial charge in [-0.25, -0.2) is 4.79 Å². The van der Waals surface area contributed by atoms with Gasteiger partial charge >= 0.3 is 59.7 Å². The van der Waals surface area contributed by atoms with Gasteiger partial charge in [0.05, 0.1) is 19.6 Å². The number of rotatable bonds is 22. The summed E-state index contributed by atoms with van der Waals surface area (Å²) < 4.78 is 92.2. The Balaban J connectivity index is 2.53. The van der Waals surface area contributed by atoms with Crippen molar-refractivity contribution >= 4 is 71.5 Å². The molecule has 0 spiro atoms. The fourth-order valence-electron chi connectivity index (χ4n) is 8.32. The van der Waals surface area contributed by atoms with Gasteiger partial charge in [0.2, 0.25) is 11.8 Å². The average molecular weight is 1080 g/mol. The van der Waals surface area contributed by atoms with E-state index in [1.54, 1.807) is 0 Å². The molecule has 0 aromatic rings. The van der Waals surface area contributed by atoms with Gasteiger partial charge in [0.1, 0.15) is 62.5 Å². The van der Waals surface area contributed by atoms with Crippen LogP contribution in [-0.2, 0) is 133 Å². The fraction of sp³-hybridized carbons (Fsp3) is 0.733. The minimum absolute atomic E-state index is 0.620. The fourth-order valence-corrected chi connectivity index (χ4v) is 8.32. The molecule has 0 aromatic carbocycles. The Bertz CT molecular complexity index is 2120. The molecule has 422 valence electrons. The van der Waals surface area contributed by atoms with E-state index in [4.69, 9.17) is 75.8 Å². The summed E-state index contributed by atoms with van der Waals surface area (Å²) in [5, 5.41) is 5.07. The van der Waals surface area contributed by atoms with E-state index in [1.165, 1.54) is 0 Å². The van der Waals surface area contributed by atoms with Crippen LogP contribution in [0.3, 0.4) is 0 Å². The molecule has 0 saturated carbocycles. The zero-order valence-electron chi connectivity index (χ0n) is 43.4. The van der Waals surface area contributed by atoms with E-state index < -0.39 is 195 Å². The highest BCUT2D eigenvalue weighted by atomic mass is 16.8. The molecular formula is C45H64N2O28. The van der Waals surface area contributed by atoms with Crippen LogP contribution in [-0.4, -0.2) is 203 Å². The summed E-state index contributed by atoms with van der Waals surface area (Å²) in [6, 6.07) is -3.20. The molecule has 0 aliphatic carbocycles. The molecule has 0 radical (unpaired) electrons. The Kier molecular flexibility index (Phi) is 23.7. The van der Waals surface area contributed by atoms with Gasteiger partial charge in [-0.15, -0.1) is 0 Å². The van der Waals surface area contributed by atoms with Gasteiger partial charge in [-0.1, -0.05) is 0 Å². The van der Waals surface area contributed by atoms with Gasteiger partial charge in [0.15, 0.2) is 43.1 Å². The Hall–Kier alpha value is -6.60. The van der Waals surface area contributed by atoms with Crippen molar-refractivity contribution in [1.82, 2.24) is 10.6 Å². The van der Waals surface area contributed by atoms with Crippen LogP contribution in [0.4, 0.5) is 0 Å². The normalized spacial score (nSPS) is 30.0. The number of carbonyl (C=O) groups excluding carboxylic acids is 12. The van der Waals surface area contributed by atoms with Crippen LogP contribution >= 0.6 is 0 Å². The Morgan fingerprint density at radius 2 is 0.987 bits per heavy atom. The van der Waals surface area contributed by atoms with Crippen molar-refractivity contribution in [2.45, 2.75) is 180 Å². The van der Waals surface area contributed by atoms with Gasteiger partial charge in [0.25, 0.3) is 5.79 Å². The minimum atomic E-state index is -3.13. The zero-order chi connectivity index (χ0) is 56.6. The summed E-state index contributed by atoms with van der Waals surface area (Å²) >= 11 is 0. The van der Waals surface area contributed by atoms with Crippen LogP contribution in [0.5, 0.6) is 0 Å². The van der Waals surface area contributed by atoms with Gasteiger partial charge in [0, 0.05) is 83.3 Å². The minimum Gasteiger partial charge on any atom is -0.465 e. The Morgan fingerprint density at radius 3 is 1.43 bits per heavy atom. The molecule has 30 heteroatoms. The summed E-state index contributed by atoms with van der Waals surface area (Å²) in [6.07, 6.45) is -25.5. The van der Waals surface area contributed by atoms with Crippen LogP contribution in [0.2, 0.25) is 0 Å². The number of hydrogen-bond acceptors (Lipinski definition) is 28. The third-order valence-corrected chi connectivity index (χ3v) is 10.8. The van der Waals surface area contributed by atoms with E-state index in [1.807, 2.05) is 0 Å². The van der Waals surface area contributed by atoms with Gasteiger partial charge < -0.3 is 86.4 Å². The van der Waals surface area contributed by atoms with Crippen molar-refractivity contribution in [3.05, 3.63) is 0 Å². The first kappa shape index (κ1) is 62.7. The lowest BCUT2D eigenvalue weighted by atomic mass is 9.87. The smallest absolute Gasteiger partial charge is 0.366 e. The standard InChI is InChI=1S/C45H64N2O28/c1-18(48)46-33-29(65-23(6)53)14-45(44(59)61-13,74-39(33)36(68-26(9)56)30(66-24(7)54)15-62-20(3)50)75-40-37(69-27(10)57)32(17-64-22(5)52)72-43(41(40)70-28(11)58)73-38-34(47-19(2)49)42(60-12)71-31(16-63-21(4)51)35(38)67-25(8)55/h29-43H,14-17H2,1-13H3,(H,46,48)(H,47,49)/t29-,30+,31+,32+,33+,34+,35-,36+,37-,38+,39+,40-,41+,42-,43-,45-/m0/s1. The van der Waals surface area contributed by atoms with E-state index in [2.05, 4.69) is 10.6 Å². The maximum absolute atomic E-state index is 14.7. The number of methoxy groups -OCH3 is 2. The number of amides is 2. The molecule has 2 N–H and O–H groups in total. The van der Waals surface area contributed by atoms with E-state index in [9.17, 15) is 57.5 Å². The second-order valence-corrected chi connectivity index (χ2v) is 17.0. The number of carbonyl (C=O) groups is 12. The maximum atomic E-state index is 14.7. The first-order valence-corrected chi connectivity index (χ1v) is 22.9. The largest absolute Gasteiger partial charge is 0.465 e. The second-order valence-electron chi connectivity index (χ2n) is 17.0. The lowest BCUT2D eigenvalue weighted by molar-refractivity contribution is -0.381. The van der Waals surface area contributed by atoms with Crippen molar-refractivity contribution in [1.29, 1.82) is 0 Å². The Labute approximate surface area is 429 Å². The molecule has 3 rings (SSSR count). The molecule has 3 aliphatic rings. The SMILES string of the molecule is COC(=O)[C@@]1(O[C@H]2[C@@H](OC(C)=O)[C@@H](COC(C)=O)O[C@@H](O[C@@H]3[C@@H](NC(C)=O)[C@@H](OC)O[C@H](COC(C)=O)[C@@H]3OC(C)=O)[C@@H]2OC(C)=O)C[C@H](OC(C)=O)[C@@H](NC(C)=O)[C@H]([C@H](OC(C)=O)[C@@H](COC(C)=O)OC(C)=O)O1. The molecule has 75 heavy (non-hydrogen) atoms. The second kappa shape index (κ2) is 28.3. The third kappa shape index (κ3) is 18.3. The van der Waals surface area contributed by atoms with Crippen molar-refractivity contribution in [2.24, 2.45) is 0 Å². The summed E-state index contributed by atoms with van der Waals surface area (Å²) in [6.45, 7) is 8.43. The van der Waals surface area contributed by atoms with E-state index in [0.717, 1.165) is 90.4 Å². The summed E-state index contributed by atoms with van der Waals surface area (Å²) in [5.74, 6) is -15.3. The van der Waals surface area contributed by atoms with Crippen LogP contribution in [0.1, 0.15) is 82.6 Å². The van der Waals surface area contributed by atoms with Gasteiger partial charge in [-0.2, -0.15) is 0 Å². The van der Waals surface area contributed by atoms with Crippen LogP contribution in [0.25, 0.3) is 0 Å². The predicted octanol–water partition coefficient (Wildman–Crippen LogP) is -2.20. The molecular weight excluding hydrogens is 1020 g/mol. The lowest BCUT2D eigenvalue weighted by Gasteiger charge is -2.52. The highest BCUT2D eigenvalue weighted by molar-refractivity contribution is 5.79. The van der Waals surface area contributed by atoms with E-state index in [0.29, 0.717) is 0 Å². The first-order valence-electron chi connectivity index (χ1n) is 22.9. The van der Waals surface area contributed by atoms with E-state index >= 15 is 0 Å². The van der Waals surface area contributed by atoms with Gasteiger partial charge in [-0.3, -0.25) is 52.7 Å². The maximum Gasteiger partial charge on any atom is 0.366 e. The molecule has 30 nitrogen and oxygen atoms in total. The highest BCUT2D eigenvalue weighted by Crippen LogP contribution is 2.42. The molecule has 2 amide bonds. The van der Waals surface area contributed by atoms with Crippen molar-refractivity contribution in [3.8, 4) is 0 Å². The number of esters is 10. The van der Waals surface area contributed by atoms with Crippen molar-refractivity contribution in [3.63, 3.8) is 0 Å². The summed E-state index contributed by atoms with van der Waals surface area (Å²) in [7, 11) is 2.00. The molecule has 0 bridgehead atoms. The molecule has 3 saturated heterocycles. The zero-order valence-corrected chi connectivity index (χ0v) is 43.4.